The standard InChI is InChI=1S/BrH.HI.2K.H/h2*1H;;;/q;;;+1;/p-1. The number of hydrogen-bond donors (Lipinski definition) is 0. The van der Waals surface area contributed by atoms with Crippen LogP contribution in [0.3, 0.4) is 0 Å². The van der Waals surface area contributed by atoms with Crippen molar-refractivity contribution in [2.75, 3.05) is 0 Å². The third-order valence-corrected chi connectivity index (χ3v) is 0. The quantitative estimate of drug-likeness (QED) is 0.448. The second kappa shape index (κ2) is 15.6. The molecule has 0 aromatic heterocycles. The summed E-state index contributed by atoms with van der Waals surface area (Å²) in [5.74, 6) is 0. The summed E-state index contributed by atoms with van der Waals surface area (Å²) in [7, 11) is 0. The Hall–Kier alpha value is 4.48. The van der Waals surface area contributed by atoms with Gasteiger partial charge in [0.05, 0.1) is 0 Å². The Morgan fingerprint density at radius 1 is 1.25 bits per heavy atom. The first-order valence-electron chi connectivity index (χ1n) is 0.378. The van der Waals surface area contributed by atoms with Crippen molar-refractivity contribution >= 4 is 127 Å². The predicted molar refractivity (Wildman–Crippen MR) is 37.2 cm³/mol. The molecular formula is H2BrIK2. The molecule has 0 aliphatic rings. The summed E-state index contributed by atoms with van der Waals surface area (Å²) in [5.41, 5.74) is 0. The molecule has 0 aromatic rings. The molecule has 0 saturated heterocycles. The first kappa shape index (κ1) is 15.8. The Balaban J connectivity index is -0.00000000500. The molecule has 0 amide bonds. The Kier molecular flexibility index (Phi) is 61.8. The Morgan fingerprint density at radius 3 is 1.25 bits per heavy atom. The molecule has 0 N–H and O–H groups in total. The van der Waals surface area contributed by atoms with Gasteiger partial charge in [-0.3, -0.25) is 0 Å². The van der Waals surface area contributed by atoms with Gasteiger partial charge in [0.15, 0.2) is 0 Å². The zero-order valence-corrected chi connectivity index (χ0v) is 8.83. The molecule has 0 aromatic carbocycles. The van der Waals surface area contributed by atoms with Crippen molar-refractivity contribution in [3.63, 3.8) is 0 Å². The summed E-state index contributed by atoms with van der Waals surface area (Å²) in [5, 5.41) is 0. The van der Waals surface area contributed by atoms with E-state index >= 15 is 0 Å². The van der Waals surface area contributed by atoms with Crippen molar-refractivity contribution in [1.29, 1.82) is 0 Å². The summed E-state index contributed by atoms with van der Waals surface area (Å²) < 4.78 is 0. The third kappa shape index (κ3) is 9.70. The summed E-state index contributed by atoms with van der Waals surface area (Å²) in [4.78, 5) is 0. The van der Waals surface area contributed by atoms with Crippen LogP contribution in [0.15, 0.2) is 0 Å². The molecule has 0 aliphatic carbocycles. The first-order chi connectivity index (χ1) is 1.00. The molecule has 0 bridgehead atoms. The van der Waals surface area contributed by atoms with Crippen molar-refractivity contribution in [2.45, 2.75) is 0 Å². The number of halogens is 2. The molecule has 0 heterocycles. The Morgan fingerprint density at radius 2 is 1.25 bits per heavy atom. The summed E-state index contributed by atoms with van der Waals surface area (Å²) in [6.45, 7) is 3.12. The molecule has 0 atom stereocenters. The van der Waals surface area contributed by atoms with Crippen LogP contribution in [0, 0.1) is 0 Å². The van der Waals surface area contributed by atoms with E-state index in [0.29, 0.717) is 0 Å². The molecule has 0 rings (SSSR count). The summed E-state index contributed by atoms with van der Waals surface area (Å²) >= 11 is 0.875. The van der Waals surface area contributed by atoms with Crippen LogP contribution < -0.4 is 0 Å². The normalized spacial score (nSPS) is 1.75. The average Bonchev–Trinajstić information content (AvgIpc) is 1.00. The molecule has 0 saturated carbocycles. The number of hydrogen-bond acceptors (Lipinski definition) is 0. The van der Waals surface area contributed by atoms with Crippen molar-refractivity contribution in [3.8, 4) is 0 Å². The van der Waals surface area contributed by atoms with Gasteiger partial charge < -0.3 is 0 Å². The van der Waals surface area contributed by atoms with Gasteiger partial charge in [-0.05, 0) is 0 Å². The average molecular weight is 287 g/mol. The van der Waals surface area contributed by atoms with Crippen LogP contribution in [0.25, 0.3) is 0 Å². The van der Waals surface area contributed by atoms with Crippen molar-refractivity contribution < 1.29 is 0 Å². The monoisotopic (exact) mass is 286 g/mol. The van der Waals surface area contributed by atoms with E-state index in [9.17, 15) is 0 Å². The molecule has 0 nitrogen and oxygen atoms in total. The van der Waals surface area contributed by atoms with Gasteiger partial charge in [-0.25, -0.2) is 0 Å². The van der Waals surface area contributed by atoms with E-state index in [2.05, 4.69) is 6.60 Å². The van der Waals surface area contributed by atoms with Crippen LogP contribution in [-0.2, 0) is 0 Å². The van der Waals surface area contributed by atoms with Gasteiger partial charge in [-0.2, -0.15) is 0 Å². The van der Waals surface area contributed by atoms with Gasteiger partial charge in [0, 0.05) is 0 Å². The van der Waals surface area contributed by atoms with Crippen molar-refractivity contribution in [1.82, 2.24) is 0 Å². The Bertz CT molecular complexity index is 6.00. The second-order valence-corrected chi connectivity index (χ2v) is 0. The van der Waals surface area contributed by atoms with Crippen LogP contribution >= 0.6 is 30.6 Å². The van der Waals surface area contributed by atoms with E-state index < -0.39 is 0 Å². The topological polar surface area (TPSA) is 0 Å². The van der Waals surface area contributed by atoms with Crippen LogP contribution in [0.2, 0.25) is 0 Å². The fraction of sp³-hybridized carbons (Fsp3) is 0. The van der Waals surface area contributed by atoms with Gasteiger partial charge in [-0.1, -0.05) is 0 Å². The molecule has 4 heavy (non-hydrogen) atoms. The van der Waals surface area contributed by atoms with Gasteiger partial charge in [0.2, 0.25) is 0 Å². The summed E-state index contributed by atoms with van der Waals surface area (Å²) in [6, 6.07) is 0. The van der Waals surface area contributed by atoms with E-state index in [4.69, 9.17) is 0 Å². The van der Waals surface area contributed by atoms with Crippen LogP contribution in [0.1, 0.15) is 0 Å². The van der Waals surface area contributed by atoms with E-state index in [1.54, 1.807) is 0 Å². The molecule has 0 fully saturated rings. The van der Waals surface area contributed by atoms with Gasteiger partial charge in [0.1, 0.15) is 0 Å². The second-order valence-electron chi connectivity index (χ2n) is 0. The van der Waals surface area contributed by atoms with Crippen LogP contribution in [0.5, 0.6) is 0 Å². The van der Waals surface area contributed by atoms with E-state index in [1.165, 1.54) is 0 Å². The SMILES string of the molecule is I.[KH].[K][Br]. The maximum atomic E-state index is 3.12. The van der Waals surface area contributed by atoms with Crippen LogP contribution in [0.4, 0.5) is 0 Å². The number of rotatable bonds is 0. The van der Waals surface area contributed by atoms with E-state index in [1.807, 2.05) is 0 Å². The van der Waals surface area contributed by atoms with Crippen molar-refractivity contribution in [2.24, 2.45) is 0 Å². The van der Waals surface area contributed by atoms with Gasteiger partial charge in [0.25, 0.3) is 0 Å². The minimum absolute atomic E-state index is 0. The fourth-order valence-corrected chi connectivity index (χ4v) is 0. The van der Waals surface area contributed by atoms with E-state index in [-0.39, 0.29) is 75.4 Å². The molecule has 0 spiro atoms. The molecular weight excluding hydrogens is 285 g/mol. The van der Waals surface area contributed by atoms with Gasteiger partial charge >= 0.3 is 103 Å². The molecule has 0 unspecified atom stereocenters. The van der Waals surface area contributed by atoms with E-state index in [0.717, 1.165) is 45.4 Å². The van der Waals surface area contributed by atoms with Crippen molar-refractivity contribution in [3.05, 3.63) is 0 Å². The zero-order valence-electron chi connectivity index (χ0n) is 1.79. The predicted octanol–water partition coefficient (Wildman–Crippen LogP) is 0.434. The molecule has 0 radical (unpaired) electrons. The summed E-state index contributed by atoms with van der Waals surface area (Å²) in [6.07, 6.45) is 0. The first-order valence-corrected chi connectivity index (χ1v) is 8.10. The third-order valence-electron chi connectivity index (χ3n) is 0. The zero-order chi connectivity index (χ0) is 2.00. The maximum absolute atomic E-state index is 3.12. The fourth-order valence-electron chi connectivity index (χ4n) is 0. The molecule has 18 valence electrons. The Labute approximate surface area is 123 Å². The van der Waals surface area contributed by atoms with Crippen LogP contribution in [-0.4, -0.2) is 96.8 Å². The molecule has 0 aliphatic heterocycles. The molecule has 4 heteroatoms. The minimum atomic E-state index is 0. The van der Waals surface area contributed by atoms with Gasteiger partial charge in [-0.15, -0.1) is 24.0 Å².